The summed E-state index contributed by atoms with van der Waals surface area (Å²) < 4.78 is 6.53. The summed E-state index contributed by atoms with van der Waals surface area (Å²) >= 11 is 0. The van der Waals surface area contributed by atoms with E-state index in [-0.39, 0.29) is 34.3 Å². The molecular formula is C40H58N2O3. The number of nitrogens with zero attached hydrogens (tertiary/aromatic N) is 1. The van der Waals surface area contributed by atoms with Gasteiger partial charge in [0, 0.05) is 36.5 Å². The van der Waals surface area contributed by atoms with Gasteiger partial charge in [-0.25, -0.2) is 0 Å². The highest BCUT2D eigenvalue weighted by Crippen LogP contribution is 2.64. The Morgan fingerprint density at radius 3 is 2.33 bits per heavy atom. The van der Waals surface area contributed by atoms with Gasteiger partial charge in [-0.2, -0.15) is 0 Å². The zero-order chi connectivity index (χ0) is 32.3. The van der Waals surface area contributed by atoms with E-state index in [1.54, 1.807) is 0 Å². The van der Waals surface area contributed by atoms with Crippen molar-refractivity contribution in [3.05, 3.63) is 58.9 Å². The largest absolute Gasteiger partial charge is 0.490 e. The summed E-state index contributed by atoms with van der Waals surface area (Å²) in [5.41, 5.74) is 3.52. The van der Waals surface area contributed by atoms with Crippen molar-refractivity contribution in [2.75, 3.05) is 7.05 Å². The van der Waals surface area contributed by atoms with Crippen molar-refractivity contribution < 1.29 is 14.3 Å². The Hall–Kier alpha value is -2.56. The first-order chi connectivity index (χ1) is 21.2. The van der Waals surface area contributed by atoms with Crippen LogP contribution in [0.4, 0.5) is 0 Å². The fraction of sp³-hybridized carbons (Fsp3) is 0.700. The van der Waals surface area contributed by atoms with Crippen LogP contribution >= 0.6 is 0 Å². The minimum absolute atomic E-state index is 0.0512. The Kier molecular flexibility index (Phi) is 8.57. The Balaban J connectivity index is 1.11. The third-order valence-corrected chi connectivity index (χ3v) is 13.3. The molecule has 0 spiro atoms. The molecule has 1 N–H and O–H groups in total. The second-order valence-corrected chi connectivity index (χ2v) is 17.0. The molecule has 246 valence electrons. The highest BCUT2D eigenvalue weighted by molar-refractivity contribution is 5.94. The molecule has 0 aromatic heterocycles. The molecule has 5 nitrogen and oxygen atoms in total. The number of allylic oxidation sites excluding steroid dienone is 3. The molecule has 5 aliphatic rings. The summed E-state index contributed by atoms with van der Waals surface area (Å²) in [6.07, 6.45) is 14.5. The summed E-state index contributed by atoms with van der Waals surface area (Å²) in [5.74, 6) is 4.07. The van der Waals surface area contributed by atoms with Crippen LogP contribution in [0.3, 0.4) is 0 Å². The van der Waals surface area contributed by atoms with Crippen molar-refractivity contribution in [1.29, 1.82) is 0 Å². The number of benzene rings is 1. The molecule has 1 heterocycles. The number of ether oxygens (including phenoxy) is 1. The third-order valence-electron chi connectivity index (χ3n) is 13.3. The third kappa shape index (κ3) is 5.80. The number of nitrogens with one attached hydrogen (secondary N) is 1. The number of hydrogen-bond donors (Lipinski definition) is 1. The van der Waals surface area contributed by atoms with Crippen molar-refractivity contribution in [3.63, 3.8) is 0 Å². The molecule has 3 saturated carbocycles. The van der Waals surface area contributed by atoms with Crippen molar-refractivity contribution >= 4 is 11.8 Å². The number of amides is 2. The molecule has 45 heavy (non-hydrogen) atoms. The lowest BCUT2D eigenvalue weighted by atomic mass is 9.47. The van der Waals surface area contributed by atoms with E-state index in [1.807, 2.05) is 19.2 Å². The van der Waals surface area contributed by atoms with Gasteiger partial charge >= 0.3 is 0 Å². The summed E-state index contributed by atoms with van der Waals surface area (Å²) in [7, 11) is 2.04. The minimum atomic E-state index is -0.254. The molecule has 2 unspecified atom stereocenters. The van der Waals surface area contributed by atoms with Crippen molar-refractivity contribution in [3.8, 4) is 0 Å². The molecule has 1 aromatic rings. The quantitative estimate of drug-likeness (QED) is 0.335. The molecule has 0 radical (unpaired) electrons. The van der Waals surface area contributed by atoms with Gasteiger partial charge < -0.3 is 15.0 Å². The molecule has 0 bridgehead atoms. The van der Waals surface area contributed by atoms with E-state index in [2.05, 4.69) is 82.9 Å². The molecule has 4 aliphatic carbocycles. The normalized spacial score (nSPS) is 36.3. The fourth-order valence-electron chi connectivity index (χ4n) is 10.7. The van der Waals surface area contributed by atoms with E-state index in [4.69, 9.17) is 4.74 Å². The zero-order valence-electron chi connectivity index (χ0n) is 29.2. The number of fused-ring (bicyclic) bond motifs is 5. The number of rotatable bonds is 7. The molecule has 1 saturated heterocycles. The number of hydrogen-bond acceptors (Lipinski definition) is 3. The molecule has 6 rings (SSSR count). The molecule has 5 heteroatoms. The van der Waals surface area contributed by atoms with Gasteiger partial charge in [0.2, 0.25) is 11.8 Å². The van der Waals surface area contributed by atoms with Crippen molar-refractivity contribution in [2.24, 2.45) is 39.9 Å². The maximum Gasteiger partial charge on any atom is 0.247 e. The van der Waals surface area contributed by atoms with Crippen LogP contribution in [-0.4, -0.2) is 35.8 Å². The predicted octanol–water partition coefficient (Wildman–Crippen LogP) is 8.55. The van der Waals surface area contributed by atoms with Gasteiger partial charge in [0.15, 0.2) is 0 Å². The van der Waals surface area contributed by atoms with Crippen LogP contribution in [0.25, 0.3) is 0 Å². The van der Waals surface area contributed by atoms with Crippen LogP contribution in [0.15, 0.2) is 47.7 Å². The first kappa shape index (κ1) is 32.4. The minimum Gasteiger partial charge on any atom is -0.490 e. The molecule has 8 atom stereocenters. The highest BCUT2D eigenvalue weighted by Gasteiger charge is 2.61. The highest BCUT2D eigenvalue weighted by atomic mass is 16.5. The van der Waals surface area contributed by atoms with Crippen LogP contribution in [0, 0.1) is 39.9 Å². The van der Waals surface area contributed by atoms with Gasteiger partial charge in [-0.3, -0.25) is 9.59 Å². The molecule has 1 aliphatic heterocycles. The van der Waals surface area contributed by atoms with Gasteiger partial charge in [-0.05, 0) is 116 Å². The van der Waals surface area contributed by atoms with Crippen molar-refractivity contribution in [1.82, 2.24) is 10.2 Å². The van der Waals surface area contributed by atoms with E-state index in [0.717, 1.165) is 37.0 Å². The number of carbonyl (C=O) groups is 2. The van der Waals surface area contributed by atoms with E-state index < -0.39 is 0 Å². The molecule has 1 aromatic carbocycles. The van der Waals surface area contributed by atoms with Crippen LogP contribution in [-0.2, 0) is 20.7 Å². The second kappa shape index (κ2) is 11.9. The summed E-state index contributed by atoms with van der Waals surface area (Å²) in [6.45, 7) is 16.0. The summed E-state index contributed by atoms with van der Waals surface area (Å²) in [4.78, 5) is 28.4. The first-order valence-corrected chi connectivity index (χ1v) is 18.0. The zero-order valence-corrected chi connectivity index (χ0v) is 29.2. The average molecular weight is 615 g/mol. The van der Waals surface area contributed by atoms with Crippen LogP contribution in [0.2, 0.25) is 0 Å². The van der Waals surface area contributed by atoms with Gasteiger partial charge in [0.25, 0.3) is 0 Å². The van der Waals surface area contributed by atoms with E-state index in [9.17, 15) is 9.59 Å². The van der Waals surface area contributed by atoms with Crippen molar-refractivity contribution in [2.45, 2.75) is 131 Å². The van der Waals surface area contributed by atoms with Crippen LogP contribution < -0.4 is 5.32 Å². The fourth-order valence-corrected chi connectivity index (χ4v) is 10.7. The molecule has 2 amide bonds. The lowest BCUT2D eigenvalue weighted by molar-refractivity contribution is -0.157. The van der Waals surface area contributed by atoms with Gasteiger partial charge in [0.05, 0.1) is 0 Å². The monoisotopic (exact) mass is 614 g/mol. The maximum absolute atomic E-state index is 13.8. The first-order valence-electron chi connectivity index (χ1n) is 18.0. The Morgan fingerprint density at radius 2 is 1.64 bits per heavy atom. The standard InChI is InChI=1S/C40H58N2O3/c1-25(2)23-27-9-11-28(12-10-27)26(3)45-35-18-13-29(24-38(35,4)5)37(44)41-33-16-15-31-30-14-17-34-40(7,22-20-36(43)42(34)8)32(30)19-21-39(31,33)6/h9-13,18,25-26,30-34H,14-17,19-24H2,1-8H3,(H,41,44)/t26?,30-,31-,32-,33?,34+,39-,40+/m0/s1. The smallest absolute Gasteiger partial charge is 0.247 e. The van der Waals surface area contributed by atoms with E-state index >= 15 is 0 Å². The van der Waals surface area contributed by atoms with Crippen LogP contribution in [0.5, 0.6) is 0 Å². The molecular weight excluding hydrogens is 556 g/mol. The van der Waals surface area contributed by atoms with E-state index in [1.165, 1.54) is 36.8 Å². The average Bonchev–Trinajstić information content (AvgIpc) is 3.32. The maximum atomic E-state index is 13.8. The Labute approximate surface area is 272 Å². The SMILES string of the molecule is CC(C)Cc1ccc(C(C)OC2=CC=C(C(=O)NC3CC[C@H]4[C@@H]5CC[C@H]6N(C)C(=O)CC[C@]6(C)[C@H]5CC[C@]34C)CC2(C)C)cc1. The van der Waals surface area contributed by atoms with Gasteiger partial charge in [0.1, 0.15) is 11.9 Å². The second-order valence-electron chi connectivity index (χ2n) is 17.0. The van der Waals surface area contributed by atoms with Gasteiger partial charge in [-0.15, -0.1) is 0 Å². The van der Waals surface area contributed by atoms with E-state index in [0.29, 0.717) is 48.5 Å². The van der Waals surface area contributed by atoms with Crippen LogP contribution in [0.1, 0.15) is 123 Å². The predicted molar refractivity (Wildman–Crippen MR) is 181 cm³/mol. The topological polar surface area (TPSA) is 58.6 Å². The lowest BCUT2D eigenvalue weighted by Crippen LogP contribution is -2.62. The number of piperidine rings is 1. The summed E-state index contributed by atoms with van der Waals surface area (Å²) in [5, 5.41) is 3.57. The lowest BCUT2D eigenvalue weighted by Gasteiger charge is -2.61. The molecule has 4 fully saturated rings. The Bertz CT molecular complexity index is 1360. The number of carbonyl (C=O) groups excluding carboxylic acids is 2. The Morgan fingerprint density at radius 1 is 0.933 bits per heavy atom. The summed E-state index contributed by atoms with van der Waals surface area (Å²) in [6, 6.07) is 9.44. The number of likely N-dealkylation sites (tertiary alicyclic amines) is 1. The van der Waals surface area contributed by atoms with Gasteiger partial charge in [-0.1, -0.05) is 71.9 Å².